The third kappa shape index (κ3) is 4.57. The summed E-state index contributed by atoms with van der Waals surface area (Å²) in [4.78, 5) is 28.6. The first-order valence-electron chi connectivity index (χ1n) is 13.9. The van der Waals surface area contributed by atoms with Crippen molar-refractivity contribution in [3.63, 3.8) is 0 Å². The van der Waals surface area contributed by atoms with E-state index < -0.39 is 27.0 Å². The molecule has 0 bridgehead atoms. The number of fused-ring (bicyclic) bond motifs is 3. The molecule has 4 heterocycles. The zero-order chi connectivity index (χ0) is 27.6. The maximum atomic E-state index is 13.6. The zero-order valence-corrected chi connectivity index (χ0v) is 23.3. The molecule has 210 valence electrons. The molecule has 1 saturated carbocycles. The van der Waals surface area contributed by atoms with Crippen LogP contribution in [0.25, 0.3) is 0 Å². The summed E-state index contributed by atoms with van der Waals surface area (Å²) in [6.45, 7) is 2.40. The Labute approximate surface area is 232 Å². The van der Waals surface area contributed by atoms with Crippen LogP contribution in [0.15, 0.2) is 36.7 Å². The Morgan fingerprint density at radius 2 is 2.08 bits per heavy atom. The minimum Gasteiger partial charge on any atom is -0.367 e. The van der Waals surface area contributed by atoms with Gasteiger partial charge in [-0.05, 0) is 54.5 Å². The van der Waals surface area contributed by atoms with Crippen molar-refractivity contribution in [1.82, 2.24) is 24.9 Å². The molecule has 0 radical (unpaired) electrons. The quantitative estimate of drug-likeness (QED) is 0.429. The van der Waals surface area contributed by atoms with E-state index in [9.17, 15) is 18.0 Å². The van der Waals surface area contributed by atoms with Gasteiger partial charge >= 0.3 is 0 Å². The molecule has 0 unspecified atom stereocenters. The topological polar surface area (TPSA) is 131 Å². The fraction of sp³-hybridized carbons (Fsp3) is 0.500. The van der Waals surface area contributed by atoms with E-state index >= 15 is 0 Å². The van der Waals surface area contributed by atoms with Crippen LogP contribution in [0.4, 0.5) is 11.5 Å². The molecule has 2 aliphatic heterocycles. The molecule has 1 spiro atoms. The maximum Gasteiger partial charge on any atom is 0.257 e. The van der Waals surface area contributed by atoms with Gasteiger partial charge in [0.2, 0.25) is 5.91 Å². The summed E-state index contributed by atoms with van der Waals surface area (Å²) in [6.07, 6.45) is 10.3. The fourth-order valence-electron chi connectivity index (χ4n) is 6.47. The maximum absolute atomic E-state index is 13.6. The molecule has 4 aliphatic rings. The number of rotatable bonds is 8. The van der Waals surface area contributed by atoms with Gasteiger partial charge in [-0.25, -0.2) is 13.1 Å². The van der Waals surface area contributed by atoms with Crippen LogP contribution < -0.4 is 15.5 Å². The SMILES string of the molecule is CS(=O)(=O)CC(=O)Nc1c2c(nn1CCC1CC1)C[C@@]1(CCc3cc(N4CC(n5cccn5)C4)ccc31)NC2=O. The van der Waals surface area contributed by atoms with Crippen LogP contribution in [0.3, 0.4) is 0 Å². The lowest BCUT2D eigenvalue weighted by atomic mass is 9.82. The molecule has 2 amide bonds. The number of nitrogens with zero attached hydrogens (tertiary/aromatic N) is 5. The monoisotopic (exact) mass is 563 g/mol. The number of hydrogen-bond acceptors (Lipinski definition) is 7. The first kappa shape index (κ1) is 25.3. The molecule has 12 heteroatoms. The Morgan fingerprint density at radius 3 is 2.80 bits per heavy atom. The van der Waals surface area contributed by atoms with Crippen molar-refractivity contribution in [2.45, 2.75) is 56.7 Å². The van der Waals surface area contributed by atoms with Crippen molar-refractivity contribution in [3.8, 4) is 0 Å². The highest BCUT2D eigenvalue weighted by molar-refractivity contribution is 7.91. The first-order chi connectivity index (χ1) is 19.2. The third-order valence-corrected chi connectivity index (χ3v) is 9.51. The summed E-state index contributed by atoms with van der Waals surface area (Å²) in [5.41, 5.74) is 3.98. The van der Waals surface area contributed by atoms with Gasteiger partial charge in [0.1, 0.15) is 17.1 Å². The zero-order valence-electron chi connectivity index (χ0n) is 22.5. The largest absolute Gasteiger partial charge is 0.367 e. The van der Waals surface area contributed by atoms with Gasteiger partial charge < -0.3 is 15.5 Å². The lowest BCUT2D eigenvalue weighted by molar-refractivity contribution is -0.113. The van der Waals surface area contributed by atoms with Crippen molar-refractivity contribution < 1.29 is 18.0 Å². The number of amides is 2. The molecular weight excluding hydrogens is 530 g/mol. The van der Waals surface area contributed by atoms with Gasteiger partial charge in [-0.3, -0.25) is 14.3 Å². The molecule has 7 rings (SSSR count). The average Bonchev–Trinajstić information content (AvgIpc) is 3.24. The summed E-state index contributed by atoms with van der Waals surface area (Å²) >= 11 is 0. The van der Waals surface area contributed by atoms with Crippen LogP contribution in [0.2, 0.25) is 0 Å². The molecule has 2 fully saturated rings. The second-order valence-electron chi connectivity index (χ2n) is 11.8. The molecule has 2 aliphatic carbocycles. The minimum atomic E-state index is -3.51. The molecule has 1 aromatic carbocycles. The van der Waals surface area contributed by atoms with Crippen molar-refractivity contribution >= 4 is 33.2 Å². The van der Waals surface area contributed by atoms with E-state index in [1.807, 2.05) is 23.1 Å². The lowest BCUT2D eigenvalue weighted by Gasteiger charge is -2.41. The van der Waals surface area contributed by atoms with Crippen LogP contribution >= 0.6 is 0 Å². The molecule has 40 heavy (non-hydrogen) atoms. The smallest absolute Gasteiger partial charge is 0.257 e. The average molecular weight is 564 g/mol. The second-order valence-corrected chi connectivity index (χ2v) is 14.0. The van der Waals surface area contributed by atoms with Crippen molar-refractivity contribution in [2.24, 2.45) is 5.92 Å². The molecule has 2 N–H and O–H groups in total. The molecule has 2 aromatic heterocycles. The van der Waals surface area contributed by atoms with E-state index in [2.05, 4.69) is 38.8 Å². The Morgan fingerprint density at radius 1 is 1.25 bits per heavy atom. The number of carbonyl (C=O) groups excluding carboxylic acids is 2. The van der Waals surface area contributed by atoms with Gasteiger partial charge in [0, 0.05) is 50.4 Å². The van der Waals surface area contributed by atoms with Crippen molar-refractivity contribution in [3.05, 3.63) is 59.0 Å². The number of sulfone groups is 1. The van der Waals surface area contributed by atoms with Crippen LogP contribution in [-0.4, -0.2) is 64.9 Å². The lowest BCUT2D eigenvalue weighted by Crippen LogP contribution is -2.50. The number of benzene rings is 1. The molecule has 3 aromatic rings. The van der Waals surface area contributed by atoms with E-state index in [-0.39, 0.29) is 5.91 Å². The standard InChI is InChI=1S/C28H33N7O4S/c1-40(38,39)17-24(36)30-26-25-23(32-35(26)12-8-18-3-4-18)14-28(31-27(25)37)9-7-19-13-20(5-6-22(19)28)33-15-21(16-33)34-11-2-10-29-34/h2,5-6,10-11,13,18,21H,3-4,7-9,12,14-17H2,1H3,(H,30,36)(H,31,37)/t28-/m1/s1. The van der Waals surface area contributed by atoms with Crippen molar-refractivity contribution in [2.75, 3.05) is 35.3 Å². The highest BCUT2D eigenvalue weighted by Gasteiger charge is 2.47. The van der Waals surface area contributed by atoms with E-state index in [1.165, 1.54) is 24.1 Å². The third-order valence-electron chi connectivity index (χ3n) is 8.72. The number of aromatic nitrogens is 4. The van der Waals surface area contributed by atoms with Crippen LogP contribution in [-0.2, 0) is 39.6 Å². The summed E-state index contributed by atoms with van der Waals surface area (Å²) < 4.78 is 27.1. The fourth-order valence-corrected chi connectivity index (χ4v) is 7.02. The summed E-state index contributed by atoms with van der Waals surface area (Å²) in [5.74, 6) is -0.648. The van der Waals surface area contributed by atoms with Crippen LogP contribution in [0, 0.1) is 5.92 Å². The van der Waals surface area contributed by atoms with Crippen molar-refractivity contribution in [1.29, 1.82) is 0 Å². The molecular formula is C28H33N7O4S. The Kier molecular flexibility index (Phi) is 5.81. The van der Waals surface area contributed by atoms with Gasteiger partial charge in [-0.1, -0.05) is 18.9 Å². The predicted molar refractivity (Wildman–Crippen MR) is 149 cm³/mol. The Balaban J connectivity index is 1.14. The van der Waals surface area contributed by atoms with Gasteiger partial charge in [0.05, 0.1) is 17.3 Å². The minimum absolute atomic E-state index is 0.282. The highest BCUT2D eigenvalue weighted by atomic mass is 32.2. The Bertz CT molecular complexity index is 1600. The highest BCUT2D eigenvalue weighted by Crippen LogP contribution is 2.45. The summed E-state index contributed by atoms with van der Waals surface area (Å²) in [5, 5.41) is 15.2. The van der Waals surface area contributed by atoms with E-state index in [4.69, 9.17) is 5.10 Å². The van der Waals surface area contributed by atoms with Gasteiger partial charge in [-0.2, -0.15) is 10.2 Å². The van der Waals surface area contributed by atoms with E-state index in [0.717, 1.165) is 44.2 Å². The second kappa shape index (κ2) is 9.18. The number of anilines is 2. The summed E-state index contributed by atoms with van der Waals surface area (Å²) in [6, 6.07) is 8.86. The van der Waals surface area contributed by atoms with Gasteiger partial charge in [0.15, 0.2) is 9.84 Å². The Hall–Kier alpha value is -3.67. The van der Waals surface area contributed by atoms with E-state index in [1.54, 1.807) is 4.68 Å². The normalized spacial score (nSPS) is 22.1. The van der Waals surface area contributed by atoms with Crippen LogP contribution in [0.5, 0.6) is 0 Å². The number of nitrogens with one attached hydrogen (secondary N) is 2. The molecule has 1 atom stereocenters. The first-order valence-corrected chi connectivity index (χ1v) is 16.0. The van der Waals surface area contributed by atoms with Gasteiger partial charge in [-0.15, -0.1) is 0 Å². The number of carbonyl (C=O) groups is 2. The molecule has 11 nitrogen and oxygen atoms in total. The van der Waals surface area contributed by atoms with Crippen LogP contribution in [0.1, 0.15) is 58.9 Å². The van der Waals surface area contributed by atoms with Gasteiger partial charge in [0.25, 0.3) is 5.91 Å². The predicted octanol–water partition coefficient (Wildman–Crippen LogP) is 2.05. The summed E-state index contributed by atoms with van der Waals surface area (Å²) in [7, 11) is -3.51. The molecule has 1 saturated heterocycles. The number of hydrogen-bond donors (Lipinski definition) is 2. The van der Waals surface area contributed by atoms with E-state index in [0.29, 0.717) is 42.0 Å². The number of aryl methyl sites for hydroxylation is 2.